The number of aliphatic hydroxyl groups is 1. The first-order valence-corrected chi connectivity index (χ1v) is 18.3. The monoisotopic (exact) mass is 876 g/mol. The fourth-order valence-electron chi connectivity index (χ4n) is 6.31. The van der Waals surface area contributed by atoms with E-state index in [2.05, 4.69) is 103 Å². The summed E-state index contributed by atoms with van der Waals surface area (Å²) in [5.41, 5.74) is 7.64. The van der Waals surface area contributed by atoms with Gasteiger partial charge >= 0.3 is 0 Å². The molecule has 277 valence electrons. The standard InChI is InChI=1S/C33H31N2O.C13H24O2.Ir/c1-18(2)32-34-29(26-10-8-9-24-23-13-11-19(3)15-27(23)36-31(24)26)25-14-12-21-17-22(33(5,6)7)16-20(4)28(21)30(25)35-32;1-7-13(6,8-2)11(15)9-10(14)12(3,4)5;/h8-9,11-18H,1-7H3;9,15H,7-8H2,1-6H3;/q-1;;/b;11-9-;. The van der Waals surface area contributed by atoms with Crippen molar-refractivity contribution in [2.24, 2.45) is 10.8 Å². The Hall–Kier alpha value is -3.86. The van der Waals surface area contributed by atoms with Crippen LogP contribution in [-0.4, -0.2) is 20.9 Å². The molecule has 0 amide bonds. The number of allylic oxidation sites excluding steroid dienone is 2. The molecule has 0 spiro atoms. The maximum Gasteiger partial charge on any atom is 0.164 e. The van der Waals surface area contributed by atoms with Gasteiger partial charge < -0.3 is 9.52 Å². The summed E-state index contributed by atoms with van der Waals surface area (Å²) in [6, 6.07) is 22.9. The van der Waals surface area contributed by atoms with Gasteiger partial charge in [-0.25, -0.2) is 4.98 Å². The Morgan fingerprint density at radius 2 is 1.54 bits per heavy atom. The minimum Gasteiger partial charge on any atom is -0.512 e. The van der Waals surface area contributed by atoms with Gasteiger partial charge in [-0.3, -0.25) is 9.78 Å². The van der Waals surface area contributed by atoms with Gasteiger partial charge in [0, 0.05) is 59.4 Å². The summed E-state index contributed by atoms with van der Waals surface area (Å²) in [5.74, 6) is 1.22. The number of hydrogen-bond donors (Lipinski definition) is 1. The first-order chi connectivity index (χ1) is 23.8. The summed E-state index contributed by atoms with van der Waals surface area (Å²) in [6.45, 7) is 27.0. The van der Waals surface area contributed by atoms with Crippen LogP contribution in [0, 0.1) is 30.7 Å². The predicted molar refractivity (Wildman–Crippen MR) is 215 cm³/mol. The van der Waals surface area contributed by atoms with Crippen molar-refractivity contribution in [2.75, 3.05) is 0 Å². The number of rotatable bonds is 6. The predicted octanol–water partition coefficient (Wildman–Crippen LogP) is 13.1. The Bertz CT molecular complexity index is 2290. The molecule has 0 fully saturated rings. The van der Waals surface area contributed by atoms with Crippen LogP contribution in [0.25, 0.3) is 54.9 Å². The van der Waals surface area contributed by atoms with Gasteiger partial charge in [-0.05, 0) is 65.6 Å². The van der Waals surface area contributed by atoms with Crippen LogP contribution < -0.4 is 0 Å². The van der Waals surface area contributed by atoms with Crippen LogP contribution in [0.15, 0.2) is 70.8 Å². The average molecular weight is 876 g/mol. The summed E-state index contributed by atoms with van der Waals surface area (Å²) in [7, 11) is 0. The van der Waals surface area contributed by atoms with Crippen molar-refractivity contribution in [3.05, 3.63) is 95.0 Å². The van der Waals surface area contributed by atoms with Gasteiger partial charge in [0.1, 0.15) is 17.2 Å². The summed E-state index contributed by atoms with van der Waals surface area (Å²) in [4.78, 5) is 21.9. The molecule has 0 saturated heterocycles. The zero-order chi connectivity index (χ0) is 37.6. The first kappa shape index (κ1) is 40.9. The van der Waals surface area contributed by atoms with Gasteiger partial charge in [0.2, 0.25) is 0 Å². The Kier molecular flexibility index (Phi) is 12.0. The third kappa shape index (κ3) is 8.04. The smallest absolute Gasteiger partial charge is 0.164 e. The van der Waals surface area contributed by atoms with Gasteiger partial charge in [0.05, 0.1) is 11.1 Å². The molecule has 0 aliphatic rings. The van der Waals surface area contributed by atoms with Crippen LogP contribution in [0.5, 0.6) is 0 Å². The number of carbonyl (C=O) groups excluding carboxylic acids is 1. The molecular formula is C46H55IrN2O3-. The van der Waals surface area contributed by atoms with E-state index < -0.39 is 5.41 Å². The number of ketones is 1. The molecule has 1 N–H and O–H groups in total. The van der Waals surface area contributed by atoms with Crippen molar-refractivity contribution in [2.45, 2.75) is 114 Å². The molecular weight excluding hydrogens is 821 g/mol. The van der Waals surface area contributed by atoms with E-state index in [1.165, 1.54) is 33.5 Å². The van der Waals surface area contributed by atoms with E-state index in [0.717, 1.165) is 62.8 Å². The van der Waals surface area contributed by atoms with E-state index in [4.69, 9.17) is 14.4 Å². The molecule has 0 bridgehead atoms. The fraction of sp³-hybridized carbons (Fsp3) is 0.413. The van der Waals surface area contributed by atoms with Crippen LogP contribution in [0.3, 0.4) is 0 Å². The number of aromatic nitrogens is 2. The number of aryl methyl sites for hydroxylation is 2. The van der Waals surface area contributed by atoms with Crippen LogP contribution in [0.1, 0.15) is 117 Å². The minimum absolute atomic E-state index is 0. The SMILES string of the molecule is CCC(C)(CC)/C(O)=C/C(=O)C(C)(C)C.Cc1ccc2c(c1)oc1c(-c3nc(C(C)C)nc4c3ccc3cc(C(C)(C)C)cc(C)c34)[c-]ccc12.[Ir]. The molecule has 2 heterocycles. The van der Waals surface area contributed by atoms with Crippen LogP contribution in [-0.2, 0) is 30.3 Å². The topological polar surface area (TPSA) is 76.2 Å². The zero-order valence-electron chi connectivity index (χ0n) is 33.3. The first-order valence-electron chi connectivity index (χ1n) is 18.3. The number of carbonyl (C=O) groups is 1. The van der Waals surface area contributed by atoms with Gasteiger partial charge in [0.25, 0.3) is 0 Å². The average Bonchev–Trinajstić information content (AvgIpc) is 3.44. The van der Waals surface area contributed by atoms with Gasteiger partial charge in [-0.2, -0.15) is 0 Å². The van der Waals surface area contributed by atoms with Gasteiger partial charge in [-0.1, -0.05) is 124 Å². The van der Waals surface area contributed by atoms with Gasteiger partial charge in [0.15, 0.2) is 5.78 Å². The maximum absolute atomic E-state index is 11.7. The molecule has 2 aromatic heterocycles. The summed E-state index contributed by atoms with van der Waals surface area (Å²) >= 11 is 0. The summed E-state index contributed by atoms with van der Waals surface area (Å²) in [5, 5.41) is 15.6. The van der Waals surface area contributed by atoms with E-state index in [1.807, 2.05) is 47.6 Å². The largest absolute Gasteiger partial charge is 0.512 e. The molecule has 6 rings (SSSR count). The molecule has 0 aliphatic carbocycles. The van der Waals surface area contributed by atoms with E-state index in [-0.39, 0.29) is 48.4 Å². The van der Waals surface area contributed by atoms with E-state index in [1.54, 1.807) is 0 Å². The van der Waals surface area contributed by atoms with Crippen molar-refractivity contribution in [3.8, 4) is 11.3 Å². The Labute approximate surface area is 323 Å². The molecule has 1 radical (unpaired) electrons. The van der Waals surface area contributed by atoms with E-state index >= 15 is 0 Å². The molecule has 4 aromatic carbocycles. The van der Waals surface area contributed by atoms with Gasteiger partial charge in [-0.15, -0.1) is 18.2 Å². The number of benzene rings is 4. The Morgan fingerprint density at radius 1 is 0.885 bits per heavy atom. The number of nitrogens with zero attached hydrogens (tertiary/aromatic N) is 2. The quantitative estimate of drug-likeness (QED) is 0.0781. The maximum atomic E-state index is 11.7. The number of hydrogen-bond acceptors (Lipinski definition) is 5. The molecule has 0 aliphatic heterocycles. The second-order valence-corrected chi connectivity index (χ2v) is 16.8. The van der Waals surface area contributed by atoms with Crippen molar-refractivity contribution in [1.29, 1.82) is 0 Å². The van der Waals surface area contributed by atoms with Crippen molar-refractivity contribution in [1.82, 2.24) is 9.97 Å². The molecule has 0 unspecified atom stereocenters. The van der Waals surface area contributed by atoms with E-state index in [0.29, 0.717) is 0 Å². The van der Waals surface area contributed by atoms with Crippen molar-refractivity contribution in [3.63, 3.8) is 0 Å². The molecule has 0 atom stereocenters. The molecule has 5 nitrogen and oxygen atoms in total. The minimum atomic E-state index is -0.420. The number of fused-ring (bicyclic) bond motifs is 6. The van der Waals surface area contributed by atoms with Crippen LogP contribution in [0.4, 0.5) is 0 Å². The number of furan rings is 1. The fourth-order valence-corrected chi connectivity index (χ4v) is 6.31. The summed E-state index contributed by atoms with van der Waals surface area (Å²) < 4.78 is 6.44. The molecule has 6 aromatic rings. The molecule has 0 saturated carbocycles. The normalized spacial score (nSPS) is 12.8. The van der Waals surface area contributed by atoms with Crippen LogP contribution >= 0.6 is 0 Å². The Balaban J connectivity index is 0.000000323. The molecule has 52 heavy (non-hydrogen) atoms. The van der Waals surface area contributed by atoms with Crippen LogP contribution in [0.2, 0.25) is 0 Å². The number of aliphatic hydroxyl groups excluding tert-OH is 1. The Morgan fingerprint density at radius 3 is 2.13 bits per heavy atom. The second kappa shape index (κ2) is 15.2. The third-order valence-electron chi connectivity index (χ3n) is 10.4. The van der Waals surface area contributed by atoms with Crippen molar-refractivity contribution < 1.29 is 34.4 Å². The zero-order valence-corrected chi connectivity index (χ0v) is 35.7. The second-order valence-electron chi connectivity index (χ2n) is 16.8. The van der Waals surface area contributed by atoms with E-state index in [9.17, 15) is 9.90 Å². The summed E-state index contributed by atoms with van der Waals surface area (Å²) in [6.07, 6.45) is 3.07. The third-order valence-corrected chi connectivity index (χ3v) is 10.4. The molecule has 6 heteroatoms. The van der Waals surface area contributed by atoms with Crippen molar-refractivity contribution >= 4 is 49.4 Å².